The summed E-state index contributed by atoms with van der Waals surface area (Å²) in [5.74, 6) is 0.0444. The Bertz CT molecular complexity index is 2060. The predicted molar refractivity (Wildman–Crippen MR) is 146 cm³/mol. The van der Waals surface area contributed by atoms with E-state index >= 15 is 4.39 Å². The Morgan fingerprint density at radius 1 is 0.804 bits per heavy atom. The minimum absolute atomic E-state index is 0.0444. The Kier molecular flexibility index (Phi) is 6.98. The number of aromatic nitrogens is 9. The molecule has 5 aromatic rings. The van der Waals surface area contributed by atoms with Gasteiger partial charge in [-0.1, -0.05) is 0 Å². The van der Waals surface area contributed by atoms with Crippen molar-refractivity contribution in [1.29, 1.82) is 0 Å². The third-order valence-corrected chi connectivity index (χ3v) is 9.75. The second-order valence-electron chi connectivity index (χ2n) is 10.5. The number of hydrogen-bond acceptors (Lipinski definition) is 16. The Labute approximate surface area is 254 Å². The number of anilines is 1. The molecule has 10 atom stereocenters. The molecule has 3 aliphatic heterocycles. The average Bonchev–Trinajstić information content (AvgIpc) is 3.83. The number of phosphoric ester groups is 2. The normalized spacial score (nSPS) is 37.3. The molecule has 2 unspecified atom stereocenters. The topological polar surface area (TPSA) is 268 Å². The van der Waals surface area contributed by atoms with Gasteiger partial charge in [0.1, 0.15) is 48.7 Å². The first-order chi connectivity index (χ1) is 22.0. The van der Waals surface area contributed by atoms with Gasteiger partial charge >= 0.3 is 15.6 Å². The van der Waals surface area contributed by atoms with Crippen molar-refractivity contribution in [3.63, 3.8) is 0 Å². The highest BCUT2D eigenvalue weighted by molar-refractivity contribution is 7.47. The molecule has 21 nitrogen and oxygen atoms in total. The SMILES string of the molecule is Nc1ncnc2c1ncn2[C@@H]1O[C@@H]2COP(=O)(O)O[C@H]3[C@@H](F)[C@H](n4cnc5c4ncn4ccnc54)O[C@@H]3COP(=O)(O)O[C@H]2[C@H]1O. The van der Waals surface area contributed by atoms with E-state index in [0.717, 1.165) is 6.33 Å². The molecule has 0 spiro atoms. The van der Waals surface area contributed by atoms with Crippen molar-refractivity contribution in [1.82, 2.24) is 43.4 Å². The zero-order valence-electron chi connectivity index (χ0n) is 23.0. The van der Waals surface area contributed by atoms with Gasteiger partial charge in [-0.15, -0.1) is 0 Å². The molecule has 0 bridgehead atoms. The van der Waals surface area contributed by atoms with Gasteiger partial charge in [0.15, 0.2) is 46.9 Å². The molecule has 0 radical (unpaired) electrons. The van der Waals surface area contributed by atoms with E-state index in [1.54, 1.807) is 10.6 Å². The Morgan fingerprint density at radius 2 is 1.43 bits per heavy atom. The number of nitrogen functional groups attached to an aromatic ring is 1. The summed E-state index contributed by atoms with van der Waals surface area (Å²) in [4.78, 5) is 46.0. The lowest BCUT2D eigenvalue weighted by Gasteiger charge is -2.27. The maximum atomic E-state index is 16.0. The van der Waals surface area contributed by atoms with Gasteiger partial charge in [-0.3, -0.25) is 31.6 Å². The van der Waals surface area contributed by atoms with Crippen molar-refractivity contribution in [2.45, 2.75) is 49.1 Å². The van der Waals surface area contributed by atoms with Gasteiger partial charge in [0, 0.05) is 12.4 Å². The number of halogens is 1. The number of phosphoric acid groups is 2. The van der Waals surface area contributed by atoms with Crippen molar-refractivity contribution in [3.05, 3.63) is 37.7 Å². The van der Waals surface area contributed by atoms with Gasteiger partial charge in [0.2, 0.25) is 0 Å². The first-order valence-electron chi connectivity index (χ1n) is 13.5. The molecule has 5 N–H and O–H groups in total. The van der Waals surface area contributed by atoms with Gasteiger partial charge in [0.25, 0.3) is 0 Å². The van der Waals surface area contributed by atoms with Gasteiger partial charge in [-0.25, -0.2) is 43.4 Å². The maximum Gasteiger partial charge on any atom is 0.472 e. The third kappa shape index (κ3) is 4.90. The smallest absolute Gasteiger partial charge is 0.386 e. The van der Waals surface area contributed by atoms with Crippen LogP contribution in [0.15, 0.2) is 37.7 Å². The molecular formula is C22H23FN10O11P2. The molecular weight excluding hydrogens is 661 g/mol. The summed E-state index contributed by atoms with van der Waals surface area (Å²) in [7, 11) is -10.1. The second kappa shape index (κ2) is 10.8. The number of imidazole rings is 3. The van der Waals surface area contributed by atoms with Crippen molar-refractivity contribution < 1.29 is 56.0 Å². The van der Waals surface area contributed by atoms with Crippen LogP contribution in [0, 0.1) is 0 Å². The molecule has 8 rings (SSSR count). The van der Waals surface area contributed by atoms with E-state index in [1.165, 1.54) is 34.3 Å². The zero-order chi connectivity index (χ0) is 32.0. The van der Waals surface area contributed by atoms with Crippen LogP contribution in [0.4, 0.5) is 10.2 Å². The minimum Gasteiger partial charge on any atom is -0.386 e. The van der Waals surface area contributed by atoms with E-state index in [9.17, 15) is 24.0 Å². The molecule has 24 heteroatoms. The van der Waals surface area contributed by atoms with Gasteiger partial charge in [-0.2, -0.15) is 0 Å². The van der Waals surface area contributed by atoms with Crippen LogP contribution < -0.4 is 5.73 Å². The van der Waals surface area contributed by atoms with Crippen LogP contribution in [-0.4, -0.2) is 108 Å². The van der Waals surface area contributed by atoms with Crippen LogP contribution in [0.25, 0.3) is 28.0 Å². The summed E-state index contributed by atoms with van der Waals surface area (Å²) in [6.45, 7) is -1.66. The highest BCUT2D eigenvalue weighted by Crippen LogP contribution is 2.54. The molecule has 3 saturated heterocycles. The summed E-state index contributed by atoms with van der Waals surface area (Å²) < 4.78 is 78.7. The summed E-state index contributed by atoms with van der Waals surface area (Å²) in [6, 6.07) is 0. The summed E-state index contributed by atoms with van der Waals surface area (Å²) in [6.07, 6.45) is -4.94. The van der Waals surface area contributed by atoms with E-state index < -0.39 is 78.0 Å². The molecule has 3 fully saturated rings. The number of ether oxygens (including phenoxy) is 2. The van der Waals surface area contributed by atoms with Crippen LogP contribution in [0.5, 0.6) is 0 Å². The standard InChI is InChI=1S/C22H23FN10O11P2/c23-11-15-9(41-21(11)32-8-29-13-18-25-1-2-31(18)6-30-20(13)32)3-39-46(37,38)44-16-10(4-40-45(35,36)43-15)42-22(14(16)34)33-7-28-12-17(24)26-5-27-19(12)33/h1-2,5-11,14-16,21-22,34H,3-4H2,(H,35,36)(H,37,38)(H2,24,26,27)/t9-,10-,11-,14-,15-,16-,21-,22-/m1/s1. The molecule has 3 aliphatic rings. The fourth-order valence-corrected chi connectivity index (χ4v) is 7.60. The summed E-state index contributed by atoms with van der Waals surface area (Å²) in [5.41, 5.74) is 7.10. The highest BCUT2D eigenvalue weighted by Gasteiger charge is 2.54. The van der Waals surface area contributed by atoms with E-state index in [1.807, 2.05) is 0 Å². The maximum absolute atomic E-state index is 16.0. The van der Waals surface area contributed by atoms with Crippen LogP contribution >= 0.6 is 15.6 Å². The summed E-state index contributed by atoms with van der Waals surface area (Å²) >= 11 is 0. The van der Waals surface area contributed by atoms with Crippen LogP contribution in [0.3, 0.4) is 0 Å². The largest absolute Gasteiger partial charge is 0.472 e. The number of rotatable bonds is 2. The number of fused-ring (bicyclic) bond motifs is 6. The molecule has 46 heavy (non-hydrogen) atoms. The number of aliphatic hydroxyl groups excluding tert-OH is 1. The zero-order valence-corrected chi connectivity index (χ0v) is 24.8. The number of nitrogens with two attached hydrogens (primary N) is 1. The molecule has 0 saturated carbocycles. The lowest BCUT2D eigenvalue weighted by atomic mass is 10.1. The molecule has 0 aliphatic carbocycles. The van der Waals surface area contributed by atoms with E-state index in [0.29, 0.717) is 11.2 Å². The minimum atomic E-state index is -5.08. The van der Waals surface area contributed by atoms with Crippen LogP contribution in [0.1, 0.15) is 12.5 Å². The first-order valence-corrected chi connectivity index (χ1v) is 16.5. The third-order valence-electron chi connectivity index (χ3n) is 7.78. The fourth-order valence-electron chi connectivity index (χ4n) is 5.68. The molecule has 244 valence electrons. The van der Waals surface area contributed by atoms with Crippen molar-refractivity contribution >= 4 is 49.4 Å². The Balaban J connectivity index is 1.08. The highest BCUT2D eigenvalue weighted by atomic mass is 31.2. The van der Waals surface area contributed by atoms with Crippen LogP contribution in [0.2, 0.25) is 0 Å². The number of nitrogens with zero attached hydrogens (tertiary/aromatic N) is 9. The first kappa shape index (κ1) is 29.8. The van der Waals surface area contributed by atoms with Gasteiger partial charge in [0.05, 0.1) is 25.9 Å². The molecule has 5 aromatic heterocycles. The Hall–Kier alpha value is -3.53. The lowest BCUT2D eigenvalue weighted by molar-refractivity contribution is -0.0663. The Morgan fingerprint density at radius 3 is 2.20 bits per heavy atom. The van der Waals surface area contributed by atoms with Crippen molar-refractivity contribution in [3.8, 4) is 0 Å². The quantitative estimate of drug-likeness (QED) is 0.178. The number of alkyl halides is 1. The number of aliphatic hydroxyl groups is 1. The molecule has 0 aromatic carbocycles. The van der Waals surface area contributed by atoms with Crippen LogP contribution in [-0.2, 0) is 36.7 Å². The van der Waals surface area contributed by atoms with E-state index in [-0.39, 0.29) is 22.6 Å². The predicted octanol–water partition coefficient (Wildman–Crippen LogP) is 0.0129. The second-order valence-corrected chi connectivity index (χ2v) is 13.4. The average molecular weight is 684 g/mol. The van der Waals surface area contributed by atoms with Crippen molar-refractivity contribution in [2.24, 2.45) is 0 Å². The van der Waals surface area contributed by atoms with Crippen molar-refractivity contribution in [2.75, 3.05) is 18.9 Å². The van der Waals surface area contributed by atoms with E-state index in [4.69, 9.17) is 33.3 Å². The monoisotopic (exact) mass is 684 g/mol. The number of hydrogen-bond donors (Lipinski definition) is 4. The van der Waals surface area contributed by atoms with Gasteiger partial charge in [-0.05, 0) is 0 Å². The molecule has 0 amide bonds. The van der Waals surface area contributed by atoms with Gasteiger partial charge < -0.3 is 30.1 Å². The lowest BCUT2D eigenvalue weighted by Crippen LogP contribution is -2.38. The van der Waals surface area contributed by atoms with E-state index in [2.05, 4.69) is 29.9 Å². The molecule has 8 heterocycles. The fraction of sp³-hybridized carbons (Fsp3) is 0.455. The summed E-state index contributed by atoms with van der Waals surface area (Å²) in [5, 5.41) is 11.1.